The molecule has 106 valence electrons. The van der Waals surface area contributed by atoms with Crippen molar-refractivity contribution in [1.82, 2.24) is 25.3 Å². The summed E-state index contributed by atoms with van der Waals surface area (Å²) >= 11 is 0. The molecule has 0 saturated carbocycles. The molecule has 0 aliphatic carbocycles. The zero-order valence-corrected chi connectivity index (χ0v) is 12.1. The molecule has 2 aromatic heterocycles. The van der Waals surface area contributed by atoms with E-state index in [1.54, 1.807) is 11.0 Å². The molecule has 0 aliphatic rings. The highest BCUT2D eigenvalue weighted by molar-refractivity contribution is 5.30. The number of aromatic nitrogens is 4. The predicted molar refractivity (Wildman–Crippen MR) is 81.2 cm³/mol. The topological polar surface area (TPSA) is 55.6 Å². The molecule has 0 saturated heterocycles. The van der Waals surface area contributed by atoms with E-state index < -0.39 is 0 Å². The second-order valence-corrected chi connectivity index (χ2v) is 4.91. The highest BCUT2D eigenvalue weighted by Gasteiger charge is 2.16. The van der Waals surface area contributed by atoms with Gasteiger partial charge in [0, 0.05) is 12.4 Å². The van der Waals surface area contributed by atoms with Crippen LogP contribution >= 0.6 is 0 Å². The van der Waals surface area contributed by atoms with Gasteiger partial charge in [-0.3, -0.25) is 4.98 Å². The third kappa shape index (κ3) is 2.83. The molecule has 5 nitrogen and oxygen atoms in total. The van der Waals surface area contributed by atoms with Gasteiger partial charge in [0.05, 0.1) is 17.9 Å². The fourth-order valence-electron chi connectivity index (χ4n) is 2.31. The van der Waals surface area contributed by atoms with Crippen molar-refractivity contribution in [1.29, 1.82) is 0 Å². The molecule has 1 N–H and O–H groups in total. The number of nitrogens with zero attached hydrogens (tertiary/aromatic N) is 4. The third-order valence-corrected chi connectivity index (χ3v) is 3.31. The summed E-state index contributed by atoms with van der Waals surface area (Å²) in [7, 11) is 1.91. The van der Waals surface area contributed by atoms with Crippen LogP contribution in [0.4, 0.5) is 0 Å². The molecule has 0 spiro atoms. The molecule has 1 unspecified atom stereocenters. The zero-order valence-electron chi connectivity index (χ0n) is 12.1. The minimum Gasteiger partial charge on any atom is -0.308 e. The van der Waals surface area contributed by atoms with Crippen molar-refractivity contribution in [3.63, 3.8) is 0 Å². The number of hydrogen-bond acceptors (Lipinski definition) is 4. The maximum absolute atomic E-state index is 4.57. The first kappa shape index (κ1) is 13.5. The maximum Gasteiger partial charge on any atom is 0.105 e. The second-order valence-electron chi connectivity index (χ2n) is 4.91. The van der Waals surface area contributed by atoms with E-state index in [1.807, 2.05) is 56.7 Å². The van der Waals surface area contributed by atoms with E-state index in [-0.39, 0.29) is 6.04 Å². The standard InChI is InChI=1S/C16H17N5/c1-12-8-13(10-18-9-12)16(17-2)15-11-19-21(20-15)14-6-4-3-5-7-14/h3-11,16-17H,1-2H3. The van der Waals surface area contributed by atoms with Crippen LogP contribution in [0.5, 0.6) is 0 Å². The van der Waals surface area contributed by atoms with Crippen molar-refractivity contribution in [3.8, 4) is 5.69 Å². The van der Waals surface area contributed by atoms with Gasteiger partial charge in [0.15, 0.2) is 0 Å². The van der Waals surface area contributed by atoms with Crippen LogP contribution in [0, 0.1) is 6.92 Å². The van der Waals surface area contributed by atoms with E-state index in [0.717, 1.165) is 22.5 Å². The molecule has 0 amide bonds. The highest BCUT2D eigenvalue weighted by Crippen LogP contribution is 2.20. The summed E-state index contributed by atoms with van der Waals surface area (Å²) in [5.41, 5.74) is 4.02. The number of hydrogen-bond donors (Lipinski definition) is 1. The van der Waals surface area contributed by atoms with Crippen LogP contribution in [-0.4, -0.2) is 27.0 Å². The quantitative estimate of drug-likeness (QED) is 0.796. The molecule has 0 bridgehead atoms. The summed E-state index contributed by atoms with van der Waals surface area (Å²) < 4.78 is 0. The Morgan fingerprint density at radius 1 is 1.10 bits per heavy atom. The van der Waals surface area contributed by atoms with Crippen molar-refractivity contribution >= 4 is 0 Å². The lowest BCUT2D eigenvalue weighted by molar-refractivity contribution is 0.647. The molecule has 0 fully saturated rings. The molecule has 1 aromatic carbocycles. The normalized spacial score (nSPS) is 12.3. The number of nitrogens with one attached hydrogen (secondary N) is 1. The van der Waals surface area contributed by atoms with Crippen molar-refractivity contribution < 1.29 is 0 Å². The Morgan fingerprint density at radius 3 is 2.62 bits per heavy atom. The summed E-state index contributed by atoms with van der Waals surface area (Å²) in [5.74, 6) is 0. The van der Waals surface area contributed by atoms with Crippen LogP contribution in [0.1, 0.15) is 22.9 Å². The first-order valence-electron chi connectivity index (χ1n) is 6.84. The van der Waals surface area contributed by atoms with E-state index in [0.29, 0.717) is 0 Å². The van der Waals surface area contributed by atoms with Gasteiger partial charge in [0.2, 0.25) is 0 Å². The van der Waals surface area contributed by atoms with Gasteiger partial charge >= 0.3 is 0 Å². The Bertz CT molecular complexity index is 720. The number of aryl methyl sites for hydroxylation is 1. The SMILES string of the molecule is CNC(c1cncc(C)c1)c1cnn(-c2ccccc2)n1. The Hall–Kier alpha value is -2.53. The van der Waals surface area contributed by atoms with Crippen molar-refractivity contribution in [3.05, 3.63) is 71.8 Å². The first-order chi connectivity index (χ1) is 10.3. The number of benzene rings is 1. The van der Waals surface area contributed by atoms with Crippen LogP contribution in [0.3, 0.4) is 0 Å². The lowest BCUT2D eigenvalue weighted by Gasteiger charge is -2.13. The van der Waals surface area contributed by atoms with E-state index in [1.165, 1.54) is 0 Å². The lowest BCUT2D eigenvalue weighted by Crippen LogP contribution is -2.18. The van der Waals surface area contributed by atoms with Crippen molar-refractivity contribution in [2.24, 2.45) is 0 Å². The molecule has 0 radical (unpaired) electrons. The zero-order chi connectivity index (χ0) is 14.7. The Kier molecular flexibility index (Phi) is 3.75. The average molecular weight is 279 g/mol. The molecule has 3 aromatic rings. The van der Waals surface area contributed by atoms with Crippen LogP contribution in [0.15, 0.2) is 55.0 Å². The highest BCUT2D eigenvalue weighted by atomic mass is 15.5. The van der Waals surface area contributed by atoms with Crippen molar-refractivity contribution in [2.45, 2.75) is 13.0 Å². The summed E-state index contributed by atoms with van der Waals surface area (Å²) in [5, 5.41) is 12.2. The van der Waals surface area contributed by atoms with E-state index in [9.17, 15) is 0 Å². The van der Waals surface area contributed by atoms with Gasteiger partial charge in [-0.2, -0.15) is 15.0 Å². The van der Waals surface area contributed by atoms with Crippen molar-refractivity contribution in [2.75, 3.05) is 7.05 Å². The van der Waals surface area contributed by atoms with Crippen LogP contribution in [-0.2, 0) is 0 Å². The summed E-state index contributed by atoms with van der Waals surface area (Å²) in [6, 6.07) is 12.0. The third-order valence-electron chi connectivity index (χ3n) is 3.31. The minimum atomic E-state index is -0.0186. The second kappa shape index (κ2) is 5.85. The average Bonchev–Trinajstić information content (AvgIpc) is 2.99. The van der Waals surface area contributed by atoms with Crippen LogP contribution < -0.4 is 5.32 Å². The molecule has 5 heteroatoms. The Morgan fingerprint density at radius 2 is 1.90 bits per heavy atom. The molecule has 3 rings (SSSR count). The van der Waals surface area contributed by atoms with Gasteiger partial charge < -0.3 is 5.32 Å². The van der Waals surface area contributed by atoms with Gasteiger partial charge in [-0.1, -0.05) is 24.3 Å². The van der Waals surface area contributed by atoms with Crippen LogP contribution in [0.2, 0.25) is 0 Å². The van der Waals surface area contributed by atoms with Gasteiger partial charge in [0.25, 0.3) is 0 Å². The van der Waals surface area contributed by atoms with E-state index >= 15 is 0 Å². The largest absolute Gasteiger partial charge is 0.308 e. The lowest BCUT2D eigenvalue weighted by atomic mass is 10.1. The van der Waals surface area contributed by atoms with Gasteiger partial charge in [0.1, 0.15) is 5.69 Å². The number of rotatable bonds is 4. The first-order valence-corrected chi connectivity index (χ1v) is 6.84. The molecule has 21 heavy (non-hydrogen) atoms. The van der Waals surface area contributed by atoms with E-state index in [2.05, 4.69) is 26.6 Å². The Balaban J connectivity index is 1.94. The minimum absolute atomic E-state index is 0.0186. The van der Waals surface area contributed by atoms with Crippen LogP contribution in [0.25, 0.3) is 5.69 Å². The molecule has 1 atom stereocenters. The molecule has 2 heterocycles. The molecular formula is C16H17N5. The Labute approximate surface area is 123 Å². The molecule has 0 aliphatic heterocycles. The fourth-order valence-corrected chi connectivity index (χ4v) is 2.31. The van der Waals surface area contributed by atoms with Gasteiger partial charge in [-0.25, -0.2) is 0 Å². The summed E-state index contributed by atoms with van der Waals surface area (Å²) in [6.07, 6.45) is 5.49. The summed E-state index contributed by atoms with van der Waals surface area (Å²) in [6.45, 7) is 2.03. The number of pyridine rings is 1. The summed E-state index contributed by atoms with van der Waals surface area (Å²) in [4.78, 5) is 5.89. The smallest absolute Gasteiger partial charge is 0.105 e. The molecular weight excluding hydrogens is 262 g/mol. The van der Waals surface area contributed by atoms with E-state index in [4.69, 9.17) is 0 Å². The van der Waals surface area contributed by atoms with Gasteiger partial charge in [-0.15, -0.1) is 0 Å². The monoisotopic (exact) mass is 279 g/mol. The maximum atomic E-state index is 4.57. The number of para-hydroxylation sites is 1. The predicted octanol–water partition coefficient (Wildman–Crippen LogP) is 2.28. The van der Waals surface area contributed by atoms with Gasteiger partial charge in [-0.05, 0) is 37.2 Å². The fraction of sp³-hybridized carbons (Fsp3) is 0.188.